The first-order valence-corrected chi connectivity index (χ1v) is 7.46. The van der Waals surface area contributed by atoms with Crippen LogP contribution >= 0.6 is 31.9 Å². The fourth-order valence-electron chi connectivity index (χ4n) is 2.39. The minimum Gasteiger partial charge on any atom is -0.307 e. The summed E-state index contributed by atoms with van der Waals surface area (Å²) in [7, 11) is 0. The first-order valence-electron chi connectivity index (χ1n) is 5.88. The van der Waals surface area contributed by atoms with Crippen molar-refractivity contribution in [1.29, 1.82) is 0 Å². The molecule has 1 saturated carbocycles. The molecule has 0 saturated heterocycles. The van der Waals surface area contributed by atoms with E-state index in [2.05, 4.69) is 62.3 Å². The molecular formula is C13H17Br2N. The summed E-state index contributed by atoms with van der Waals surface area (Å²) < 4.78 is 2.30. The van der Waals surface area contributed by atoms with Gasteiger partial charge in [0.05, 0.1) is 0 Å². The van der Waals surface area contributed by atoms with E-state index in [-0.39, 0.29) is 0 Å². The van der Waals surface area contributed by atoms with Crippen molar-refractivity contribution >= 4 is 31.9 Å². The highest BCUT2D eigenvalue weighted by molar-refractivity contribution is 9.11. The lowest BCUT2D eigenvalue weighted by Gasteiger charge is -2.20. The van der Waals surface area contributed by atoms with Crippen LogP contribution < -0.4 is 5.32 Å². The van der Waals surface area contributed by atoms with Crippen LogP contribution in [0.1, 0.15) is 44.2 Å². The van der Waals surface area contributed by atoms with E-state index in [1.54, 1.807) is 0 Å². The standard InChI is InChI=1S/C13H17Br2N/c1-9(16-11-4-2-3-5-11)12-7-6-10(14)8-13(12)15/h6-9,11,16H,2-5H2,1H3. The molecule has 1 unspecified atom stereocenters. The summed E-state index contributed by atoms with van der Waals surface area (Å²) in [6.07, 6.45) is 5.43. The molecule has 1 atom stereocenters. The Balaban J connectivity index is 2.04. The van der Waals surface area contributed by atoms with E-state index in [9.17, 15) is 0 Å². The normalized spacial score (nSPS) is 18.9. The summed E-state index contributed by atoms with van der Waals surface area (Å²) in [5.74, 6) is 0. The van der Waals surface area contributed by atoms with Gasteiger partial charge in [0, 0.05) is 21.0 Å². The molecular weight excluding hydrogens is 330 g/mol. The number of nitrogens with one attached hydrogen (secondary N) is 1. The van der Waals surface area contributed by atoms with Crippen molar-refractivity contribution in [3.05, 3.63) is 32.7 Å². The molecule has 0 aromatic heterocycles. The second kappa shape index (κ2) is 5.65. The highest BCUT2D eigenvalue weighted by Gasteiger charge is 2.18. The zero-order chi connectivity index (χ0) is 11.5. The molecule has 1 fully saturated rings. The van der Waals surface area contributed by atoms with Crippen molar-refractivity contribution in [2.45, 2.75) is 44.7 Å². The molecule has 1 N–H and O–H groups in total. The van der Waals surface area contributed by atoms with Crippen molar-refractivity contribution in [1.82, 2.24) is 5.32 Å². The molecule has 0 bridgehead atoms. The molecule has 0 amide bonds. The molecule has 1 aromatic rings. The zero-order valence-corrected chi connectivity index (χ0v) is 12.6. The number of halogens is 2. The molecule has 0 aliphatic heterocycles. The first-order chi connectivity index (χ1) is 7.66. The fraction of sp³-hybridized carbons (Fsp3) is 0.538. The van der Waals surface area contributed by atoms with Gasteiger partial charge in [-0.15, -0.1) is 0 Å². The Labute approximate surface area is 114 Å². The summed E-state index contributed by atoms with van der Waals surface area (Å²) in [5, 5.41) is 3.71. The third kappa shape index (κ3) is 3.08. The van der Waals surface area contributed by atoms with Crippen molar-refractivity contribution in [2.24, 2.45) is 0 Å². The first kappa shape index (κ1) is 12.6. The summed E-state index contributed by atoms with van der Waals surface area (Å²) >= 11 is 7.11. The Kier molecular flexibility index (Phi) is 4.45. The van der Waals surface area contributed by atoms with Gasteiger partial charge >= 0.3 is 0 Å². The van der Waals surface area contributed by atoms with E-state index < -0.39 is 0 Å². The predicted molar refractivity (Wildman–Crippen MR) is 75.6 cm³/mol. The lowest BCUT2D eigenvalue weighted by Crippen LogP contribution is -2.29. The molecule has 1 aliphatic carbocycles. The van der Waals surface area contributed by atoms with Crippen LogP contribution in [0, 0.1) is 0 Å². The van der Waals surface area contributed by atoms with Crippen LogP contribution in [-0.4, -0.2) is 6.04 Å². The van der Waals surface area contributed by atoms with E-state index in [0.29, 0.717) is 12.1 Å². The maximum Gasteiger partial charge on any atom is 0.0305 e. The van der Waals surface area contributed by atoms with Crippen LogP contribution in [0.25, 0.3) is 0 Å². The van der Waals surface area contributed by atoms with Gasteiger partial charge in [-0.2, -0.15) is 0 Å². The summed E-state index contributed by atoms with van der Waals surface area (Å²) in [4.78, 5) is 0. The van der Waals surface area contributed by atoms with Gasteiger partial charge < -0.3 is 5.32 Å². The number of rotatable bonds is 3. The van der Waals surface area contributed by atoms with E-state index in [1.165, 1.54) is 35.7 Å². The number of hydrogen-bond donors (Lipinski definition) is 1. The minimum absolute atomic E-state index is 0.422. The number of hydrogen-bond acceptors (Lipinski definition) is 1. The minimum atomic E-state index is 0.422. The topological polar surface area (TPSA) is 12.0 Å². The highest BCUT2D eigenvalue weighted by atomic mass is 79.9. The number of benzene rings is 1. The van der Waals surface area contributed by atoms with Gasteiger partial charge in [0.2, 0.25) is 0 Å². The maximum atomic E-state index is 3.71. The predicted octanol–water partition coefficient (Wildman–Crippen LogP) is 4.80. The summed E-state index contributed by atoms with van der Waals surface area (Å²) in [5.41, 5.74) is 1.34. The molecule has 88 valence electrons. The van der Waals surface area contributed by atoms with Crippen LogP contribution in [0.15, 0.2) is 27.1 Å². The van der Waals surface area contributed by atoms with Gasteiger partial charge in [-0.1, -0.05) is 50.8 Å². The Morgan fingerprint density at radius 3 is 2.56 bits per heavy atom. The lowest BCUT2D eigenvalue weighted by atomic mass is 10.1. The molecule has 0 heterocycles. The Bertz CT molecular complexity index is 359. The van der Waals surface area contributed by atoms with E-state index in [0.717, 1.165) is 4.47 Å². The average Bonchev–Trinajstić information content (AvgIpc) is 2.70. The Hall–Kier alpha value is 0.140. The highest BCUT2D eigenvalue weighted by Crippen LogP contribution is 2.28. The van der Waals surface area contributed by atoms with Crippen molar-refractivity contribution in [3.63, 3.8) is 0 Å². The SMILES string of the molecule is CC(NC1CCCC1)c1ccc(Br)cc1Br. The van der Waals surface area contributed by atoms with Crippen LogP contribution in [0.3, 0.4) is 0 Å². The van der Waals surface area contributed by atoms with Gasteiger partial charge in [-0.05, 0) is 37.5 Å². The van der Waals surface area contributed by atoms with Crippen LogP contribution in [0.5, 0.6) is 0 Å². The third-order valence-corrected chi connectivity index (χ3v) is 4.45. The molecule has 0 spiro atoms. The molecule has 1 aromatic carbocycles. The molecule has 16 heavy (non-hydrogen) atoms. The molecule has 3 heteroatoms. The van der Waals surface area contributed by atoms with Gasteiger partial charge in [0.15, 0.2) is 0 Å². The molecule has 1 nitrogen and oxygen atoms in total. The zero-order valence-electron chi connectivity index (χ0n) is 9.47. The largest absolute Gasteiger partial charge is 0.307 e. The quantitative estimate of drug-likeness (QED) is 0.828. The summed E-state index contributed by atoms with van der Waals surface area (Å²) in [6, 6.07) is 7.53. The Morgan fingerprint density at radius 1 is 1.25 bits per heavy atom. The average molecular weight is 347 g/mol. The second-order valence-corrected chi connectivity index (χ2v) is 6.31. The van der Waals surface area contributed by atoms with Crippen molar-refractivity contribution < 1.29 is 0 Å². The third-order valence-electron chi connectivity index (χ3n) is 3.27. The fourth-order valence-corrected chi connectivity index (χ4v) is 3.78. The molecule has 2 rings (SSSR count). The van der Waals surface area contributed by atoms with E-state index >= 15 is 0 Å². The molecule has 1 aliphatic rings. The summed E-state index contributed by atoms with van der Waals surface area (Å²) in [6.45, 7) is 2.24. The monoisotopic (exact) mass is 345 g/mol. The van der Waals surface area contributed by atoms with Gasteiger partial charge in [-0.25, -0.2) is 0 Å². The van der Waals surface area contributed by atoms with Crippen molar-refractivity contribution in [3.8, 4) is 0 Å². The van der Waals surface area contributed by atoms with Gasteiger partial charge in [0.25, 0.3) is 0 Å². The van der Waals surface area contributed by atoms with Crippen LogP contribution in [0.2, 0.25) is 0 Å². The van der Waals surface area contributed by atoms with Crippen molar-refractivity contribution in [2.75, 3.05) is 0 Å². The smallest absolute Gasteiger partial charge is 0.0305 e. The molecule has 0 radical (unpaired) electrons. The van der Waals surface area contributed by atoms with E-state index in [4.69, 9.17) is 0 Å². The van der Waals surface area contributed by atoms with E-state index in [1.807, 2.05) is 0 Å². The lowest BCUT2D eigenvalue weighted by molar-refractivity contribution is 0.460. The van der Waals surface area contributed by atoms with Crippen LogP contribution in [0.4, 0.5) is 0 Å². The van der Waals surface area contributed by atoms with Crippen LogP contribution in [-0.2, 0) is 0 Å². The maximum absolute atomic E-state index is 3.71. The van der Waals surface area contributed by atoms with Gasteiger partial charge in [0.1, 0.15) is 0 Å². The van der Waals surface area contributed by atoms with Gasteiger partial charge in [-0.3, -0.25) is 0 Å². The Morgan fingerprint density at radius 2 is 1.94 bits per heavy atom. The second-order valence-electron chi connectivity index (χ2n) is 4.54.